The van der Waals surface area contributed by atoms with E-state index in [1.807, 2.05) is 0 Å². The van der Waals surface area contributed by atoms with E-state index in [1.54, 1.807) is 19.1 Å². The lowest BCUT2D eigenvalue weighted by atomic mass is 10.1. The van der Waals surface area contributed by atoms with E-state index in [9.17, 15) is 14.9 Å². The van der Waals surface area contributed by atoms with Gasteiger partial charge in [-0.05, 0) is 30.7 Å². The maximum Gasteiger partial charge on any atom is 0.335 e. The minimum Gasteiger partial charge on any atom is -0.478 e. The van der Waals surface area contributed by atoms with E-state index in [-0.39, 0.29) is 17.1 Å². The second-order valence-corrected chi connectivity index (χ2v) is 5.29. The molecule has 0 bridgehead atoms. The third-order valence-corrected chi connectivity index (χ3v) is 3.66. The van der Waals surface area contributed by atoms with Crippen LogP contribution in [0.3, 0.4) is 0 Å². The molecule has 0 atom stereocenters. The fourth-order valence-corrected chi connectivity index (χ4v) is 2.51. The van der Waals surface area contributed by atoms with Gasteiger partial charge in [0.05, 0.1) is 10.5 Å². The number of benzene rings is 1. The first-order valence-corrected chi connectivity index (χ1v) is 6.63. The number of carboxylic acid groups (broad SMARTS) is 1. The summed E-state index contributed by atoms with van der Waals surface area (Å²) in [5.74, 6) is -1.18. The summed E-state index contributed by atoms with van der Waals surface area (Å²) in [5, 5.41) is 20.2. The Morgan fingerprint density at radius 2 is 2.10 bits per heavy atom. The molecule has 7 nitrogen and oxygen atoms in total. The fraction of sp³-hybridized carbons (Fsp3) is 0.0769. The van der Waals surface area contributed by atoms with Crippen molar-refractivity contribution >= 4 is 29.2 Å². The van der Waals surface area contributed by atoms with Crippen molar-refractivity contribution in [3.05, 3.63) is 51.6 Å². The first-order valence-electron chi connectivity index (χ1n) is 5.81. The number of hydrogen-bond acceptors (Lipinski definition) is 6. The van der Waals surface area contributed by atoms with Crippen LogP contribution in [-0.4, -0.2) is 21.0 Å². The zero-order chi connectivity index (χ0) is 15.6. The van der Waals surface area contributed by atoms with Crippen molar-refractivity contribution in [2.24, 2.45) is 0 Å². The lowest BCUT2D eigenvalue weighted by Crippen LogP contribution is -2.00. The van der Waals surface area contributed by atoms with Crippen LogP contribution < -0.4 is 5.73 Å². The molecule has 108 valence electrons. The Hall–Kier alpha value is -2.61. The summed E-state index contributed by atoms with van der Waals surface area (Å²) < 4.78 is 0. The number of aromatic carboxylic acids is 1. The largest absolute Gasteiger partial charge is 0.478 e. The number of carbonyl (C=O) groups is 1. The Balaban J connectivity index is 2.30. The number of aryl methyl sites for hydroxylation is 1. The van der Waals surface area contributed by atoms with Crippen LogP contribution in [0.25, 0.3) is 0 Å². The van der Waals surface area contributed by atoms with Crippen molar-refractivity contribution in [3.63, 3.8) is 0 Å². The second kappa shape index (κ2) is 5.80. The highest BCUT2D eigenvalue weighted by Crippen LogP contribution is 2.30. The smallest absolute Gasteiger partial charge is 0.335 e. The number of pyridine rings is 1. The summed E-state index contributed by atoms with van der Waals surface area (Å²) in [6, 6.07) is 7.73. The van der Waals surface area contributed by atoms with E-state index in [4.69, 9.17) is 10.8 Å². The zero-order valence-corrected chi connectivity index (χ0v) is 11.8. The molecule has 0 fully saturated rings. The molecule has 2 rings (SSSR count). The Kier molecular flexibility index (Phi) is 4.08. The molecule has 1 heterocycles. The van der Waals surface area contributed by atoms with Gasteiger partial charge in [-0.2, -0.15) is 0 Å². The maximum atomic E-state index is 11.1. The molecule has 0 amide bonds. The predicted octanol–water partition coefficient (Wildman–Crippen LogP) is 2.73. The summed E-state index contributed by atoms with van der Waals surface area (Å²) in [6.07, 6.45) is 0. The molecule has 0 radical (unpaired) electrons. The molecule has 0 spiro atoms. The molecule has 0 saturated heterocycles. The monoisotopic (exact) mass is 305 g/mol. The Bertz CT molecular complexity index is 733. The van der Waals surface area contributed by atoms with Crippen LogP contribution in [-0.2, 0) is 0 Å². The SMILES string of the molecule is Cc1ccc(Sc2ccc([N+](=O)[O-])c(N)n2)cc1C(=O)O. The molecule has 0 aliphatic rings. The highest BCUT2D eigenvalue weighted by Gasteiger charge is 2.14. The van der Waals surface area contributed by atoms with Gasteiger partial charge in [-0.15, -0.1) is 0 Å². The maximum absolute atomic E-state index is 11.1. The summed E-state index contributed by atoms with van der Waals surface area (Å²) in [6.45, 7) is 1.71. The van der Waals surface area contributed by atoms with Gasteiger partial charge < -0.3 is 10.8 Å². The number of aromatic nitrogens is 1. The number of rotatable bonds is 4. The van der Waals surface area contributed by atoms with Crippen LogP contribution >= 0.6 is 11.8 Å². The number of nitro groups is 1. The number of anilines is 1. The van der Waals surface area contributed by atoms with E-state index < -0.39 is 10.9 Å². The molecule has 0 unspecified atom stereocenters. The van der Waals surface area contributed by atoms with Gasteiger partial charge >= 0.3 is 11.7 Å². The quantitative estimate of drug-likeness (QED) is 0.658. The Labute approximate surface area is 124 Å². The van der Waals surface area contributed by atoms with Crippen molar-refractivity contribution < 1.29 is 14.8 Å². The standard InChI is InChI=1S/C13H11N3O4S/c1-7-2-3-8(6-9(7)13(17)18)21-11-5-4-10(16(19)20)12(14)15-11/h2-6H,1H3,(H2,14,15)(H,17,18). The first-order chi connectivity index (χ1) is 9.88. The third-order valence-electron chi connectivity index (χ3n) is 2.74. The van der Waals surface area contributed by atoms with Crippen molar-refractivity contribution in [3.8, 4) is 0 Å². The lowest BCUT2D eigenvalue weighted by Gasteiger charge is -2.05. The van der Waals surface area contributed by atoms with Gasteiger partial charge in [0, 0.05) is 11.0 Å². The van der Waals surface area contributed by atoms with Crippen LogP contribution in [0.2, 0.25) is 0 Å². The van der Waals surface area contributed by atoms with Gasteiger partial charge in [0.15, 0.2) is 0 Å². The molecule has 8 heteroatoms. The topological polar surface area (TPSA) is 119 Å². The Morgan fingerprint density at radius 1 is 1.38 bits per heavy atom. The van der Waals surface area contributed by atoms with Gasteiger partial charge in [0.2, 0.25) is 5.82 Å². The van der Waals surface area contributed by atoms with Crippen LogP contribution in [0.4, 0.5) is 11.5 Å². The van der Waals surface area contributed by atoms with Crippen molar-refractivity contribution in [1.29, 1.82) is 0 Å². The van der Waals surface area contributed by atoms with E-state index in [0.29, 0.717) is 15.5 Å². The summed E-state index contributed by atoms with van der Waals surface area (Å²) in [7, 11) is 0. The molecular weight excluding hydrogens is 294 g/mol. The third kappa shape index (κ3) is 3.29. The molecule has 3 N–H and O–H groups in total. The minimum absolute atomic E-state index is 0.171. The van der Waals surface area contributed by atoms with Crippen LogP contribution in [0.1, 0.15) is 15.9 Å². The summed E-state index contributed by atoms with van der Waals surface area (Å²) in [5.41, 5.74) is 6.12. The number of carboxylic acids is 1. The lowest BCUT2D eigenvalue weighted by molar-refractivity contribution is -0.384. The summed E-state index contributed by atoms with van der Waals surface area (Å²) >= 11 is 1.19. The number of nitrogens with two attached hydrogens (primary N) is 1. The van der Waals surface area contributed by atoms with Gasteiger partial charge in [0.25, 0.3) is 0 Å². The van der Waals surface area contributed by atoms with Gasteiger partial charge in [-0.1, -0.05) is 17.8 Å². The highest BCUT2D eigenvalue weighted by atomic mass is 32.2. The van der Waals surface area contributed by atoms with Crippen LogP contribution in [0.5, 0.6) is 0 Å². The molecule has 0 aliphatic heterocycles. The molecule has 21 heavy (non-hydrogen) atoms. The molecule has 0 saturated carbocycles. The predicted molar refractivity (Wildman–Crippen MR) is 77.6 cm³/mol. The molecule has 0 aliphatic carbocycles. The molecule has 1 aromatic carbocycles. The highest BCUT2D eigenvalue weighted by molar-refractivity contribution is 7.99. The van der Waals surface area contributed by atoms with Crippen molar-refractivity contribution in [2.45, 2.75) is 16.8 Å². The average molecular weight is 305 g/mol. The molecule has 1 aromatic heterocycles. The van der Waals surface area contributed by atoms with E-state index in [1.165, 1.54) is 30.0 Å². The van der Waals surface area contributed by atoms with Gasteiger partial charge in [-0.25, -0.2) is 9.78 Å². The van der Waals surface area contributed by atoms with E-state index in [0.717, 1.165) is 0 Å². The van der Waals surface area contributed by atoms with E-state index >= 15 is 0 Å². The molecular formula is C13H11N3O4S. The zero-order valence-electron chi connectivity index (χ0n) is 10.9. The summed E-state index contributed by atoms with van der Waals surface area (Å²) in [4.78, 5) is 25.7. The number of hydrogen-bond donors (Lipinski definition) is 2. The number of nitrogen functional groups attached to an aromatic ring is 1. The van der Waals surface area contributed by atoms with Crippen molar-refractivity contribution in [1.82, 2.24) is 4.98 Å². The normalized spacial score (nSPS) is 10.3. The van der Waals surface area contributed by atoms with Crippen LogP contribution in [0.15, 0.2) is 40.3 Å². The number of nitrogens with zero attached hydrogens (tertiary/aromatic N) is 2. The van der Waals surface area contributed by atoms with E-state index in [2.05, 4.69) is 4.98 Å². The van der Waals surface area contributed by atoms with Crippen LogP contribution in [0, 0.1) is 17.0 Å². The second-order valence-electron chi connectivity index (χ2n) is 4.19. The fourth-order valence-electron chi connectivity index (χ4n) is 1.68. The first kappa shape index (κ1) is 14.8. The van der Waals surface area contributed by atoms with Gasteiger partial charge in [0.1, 0.15) is 5.03 Å². The van der Waals surface area contributed by atoms with Crippen molar-refractivity contribution in [2.75, 3.05) is 5.73 Å². The minimum atomic E-state index is -1.01. The molecule has 2 aromatic rings. The average Bonchev–Trinajstić information content (AvgIpc) is 2.40. The van der Waals surface area contributed by atoms with Gasteiger partial charge in [-0.3, -0.25) is 10.1 Å². The Morgan fingerprint density at radius 3 is 2.67 bits per heavy atom.